The fourth-order valence-electron chi connectivity index (χ4n) is 7.29. The standard InChI is InChI=1S/C30H37NO5/c1-17-10-9-13-22-27-29(5,36-27)19(3)25-23(16-21-11-7-6-8-12-21)31-28(34)30(22,25)24(35-20(4)32)15-14-18(2)26(17)33/h6-9,11-15,17-19,22-25,27H,10,16H2,1-5H3,(H,31,34)/t17-,18-,19-,22-,23-,24+,25-,27-,29+,30+/m0/s1. The Morgan fingerprint density at radius 1 is 1.11 bits per heavy atom. The van der Waals surface area contributed by atoms with Crippen molar-refractivity contribution in [1.82, 2.24) is 5.32 Å². The van der Waals surface area contributed by atoms with Crippen LogP contribution in [0.5, 0.6) is 0 Å². The number of carbonyl (C=O) groups is 3. The first-order chi connectivity index (χ1) is 17.1. The number of epoxide rings is 1. The molecule has 0 aromatic heterocycles. The number of ketones is 1. The molecule has 6 heteroatoms. The van der Waals surface area contributed by atoms with Crippen molar-refractivity contribution < 1.29 is 23.9 Å². The molecule has 2 aliphatic heterocycles. The maximum atomic E-state index is 14.2. The van der Waals surface area contributed by atoms with Gasteiger partial charge in [-0.1, -0.05) is 69.3 Å². The van der Waals surface area contributed by atoms with E-state index in [1.807, 2.05) is 44.2 Å². The van der Waals surface area contributed by atoms with Gasteiger partial charge in [0.25, 0.3) is 0 Å². The number of ether oxygens (including phenoxy) is 2. The summed E-state index contributed by atoms with van der Waals surface area (Å²) < 4.78 is 12.4. The number of Topliss-reactive ketones (excluding diaryl/α,β-unsaturated/α-hetero) is 1. The molecule has 2 aliphatic carbocycles. The monoisotopic (exact) mass is 491 g/mol. The van der Waals surface area contributed by atoms with Gasteiger partial charge in [0.2, 0.25) is 5.91 Å². The number of nitrogens with one attached hydrogen (secondary N) is 1. The third kappa shape index (κ3) is 3.76. The van der Waals surface area contributed by atoms with E-state index in [0.29, 0.717) is 12.8 Å². The van der Waals surface area contributed by atoms with Gasteiger partial charge in [-0.3, -0.25) is 14.4 Å². The van der Waals surface area contributed by atoms with Crippen LogP contribution in [0.3, 0.4) is 0 Å². The molecule has 1 amide bonds. The quantitative estimate of drug-likeness (QED) is 0.392. The van der Waals surface area contributed by atoms with Crippen molar-refractivity contribution in [2.24, 2.45) is 35.0 Å². The molecule has 3 fully saturated rings. The van der Waals surface area contributed by atoms with Crippen LogP contribution in [0.25, 0.3) is 0 Å². The highest BCUT2D eigenvalue weighted by Gasteiger charge is 2.78. The minimum atomic E-state index is -1.03. The number of esters is 1. The summed E-state index contributed by atoms with van der Waals surface area (Å²) in [7, 11) is 0. The third-order valence-electron chi connectivity index (χ3n) is 9.31. The molecule has 4 aliphatic rings. The minimum Gasteiger partial charge on any atom is -0.457 e. The predicted molar refractivity (Wildman–Crippen MR) is 136 cm³/mol. The van der Waals surface area contributed by atoms with E-state index in [1.54, 1.807) is 6.08 Å². The highest BCUT2D eigenvalue weighted by molar-refractivity contribution is 5.89. The van der Waals surface area contributed by atoms with Gasteiger partial charge < -0.3 is 14.8 Å². The van der Waals surface area contributed by atoms with Gasteiger partial charge in [-0.25, -0.2) is 0 Å². The van der Waals surface area contributed by atoms with Gasteiger partial charge in [0.1, 0.15) is 17.3 Å². The maximum absolute atomic E-state index is 14.2. The van der Waals surface area contributed by atoms with Gasteiger partial charge in [-0.05, 0) is 37.3 Å². The Balaban J connectivity index is 1.68. The van der Waals surface area contributed by atoms with E-state index < -0.39 is 17.5 Å². The second-order valence-electron chi connectivity index (χ2n) is 11.4. The van der Waals surface area contributed by atoms with Crippen molar-refractivity contribution in [2.45, 2.75) is 71.3 Å². The molecule has 0 radical (unpaired) electrons. The first kappa shape index (κ1) is 24.9. The average molecular weight is 492 g/mol. The molecule has 1 spiro atoms. The van der Waals surface area contributed by atoms with Crippen molar-refractivity contribution in [1.29, 1.82) is 0 Å². The van der Waals surface area contributed by atoms with Gasteiger partial charge in [-0.2, -0.15) is 0 Å². The first-order valence-electron chi connectivity index (χ1n) is 13.2. The average Bonchev–Trinajstić information content (AvgIpc) is 3.46. The van der Waals surface area contributed by atoms with Crippen molar-refractivity contribution >= 4 is 17.7 Å². The van der Waals surface area contributed by atoms with E-state index in [9.17, 15) is 14.4 Å². The molecular formula is C30H37NO5. The van der Waals surface area contributed by atoms with Crippen molar-refractivity contribution in [2.75, 3.05) is 0 Å². The second kappa shape index (κ2) is 8.98. The minimum absolute atomic E-state index is 0.0503. The summed E-state index contributed by atoms with van der Waals surface area (Å²) >= 11 is 0. The van der Waals surface area contributed by atoms with E-state index in [0.717, 1.165) is 5.56 Å². The molecule has 1 aromatic carbocycles. The van der Waals surface area contributed by atoms with Gasteiger partial charge in [0, 0.05) is 36.6 Å². The Hall–Kier alpha value is -2.73. The fourth-order valence-corrected chi connectivity index (χ4v) is 7.29. The van der Waals surface area contributed by atoms with Crippen LogP contribution in [-0.4, -0.2) is 41.5 Å². The van der Waals surface area contributed by atoms with Gasteiger partial charge >= 0.3 is 5.97 Å². The molecule has 6 nitrogen and oxygen atoms in total. The van der Waals surface area contributed by atoms with Crippen molar-refractivity contribution in [3.63, 3.8) is 0 Å². The lowest BCUT2D eigenvalue weighted by atomic mass is 9.51. The molecule has 5 rings (SSSR count). The Kier molecular flexibility index (Phi) is 6.22. The number of carbonyl (C=O) groups excluding carboxylic acids is 3. The number of amides is 1. The Morgan fingerprint density at radius 3 is 2.53 bits per heavy atom. The number of hydrogen-bond acceptors (Lipinski definition) is 5. The SMILES string of the molecule is CC(=O)O[C@@H]1C=C[C@H](C)C(=O)[C@@H](C)CC=C[C@H]2[C@@H]3O[C@]3(C)[C@@H](C)[C@H]3[C@H](Cc4ccccc4)NC(=O)[C@@]312. The molecule has 1 aromatic rings. The largest absolute Gasteiger partial charge is 0.457 e. The summed E-state index contributed by atoms with van der Waals surface area (Å²) in [5, 5.41) is 3.33. The van der Waals surface area contributed by atoms with Crippen molar-refractivity contribution in [3.8, 4) is 0 Å². The Morgan fingerprint density at radius 2 is 1.83 bits per heavy atom. The van der Waals surface area contributed by atoms with Gasteiger partial charge in [-0.15, -0.1) is 0 Å². The molecule has 192 valence electrons. The molecule has 10 atom stereocenters. The number of allylic oxidation sites excluding steroid dienone is 2. The van der Waals surface area contributed by atoms with Crippen LogP contribution in [-0.2, 0) is 30.3 Å². The van der Waals surface area contributed by atoms with Crippen molar-refractivity contribution in [3.05, 3.63) is 60.2 Å². The number of hydrogen-bond donors (Lipinski definition) is 1. The molecule has 2 saturated heterocycles. The summed E-state index contributed by atoms with van der Waals surface area (Å²) in [5.74, 6) is -1.27. The molecule has 0 unspecified atom stereocenters. The zero-order valence-corrected chi connectivity index (χ0v) is 21.8. The molecule has 1 N–H and O–H groups in total. The summed E-state index contributed by atoms with van der Waals surface area (Å²) in [6.45, 7) is 9.49. The van der Waals surface area contributed by atoms with Crippen LogP contribution in [0.15, 0.2) is 54.6 Å². The number of fused-ring (bicyclic) bond motifs is 2. The predicted octanol–water partition coefficient (Wildman–Crippen LogP) is 4.04. The van der Waals surface area contributed by atoms with E-state index >= 15 is 0 Å². The molecule has 0 bridgehead atoms. The van der Waals surface area contributed by atoms with Gasteiger partial charge in [0.15, 0.2) is 0 Å². The summed E-state index contributed by atoms with van der Waals surface area (Å²) in [5.41, 5.74) is -0.245. The van der Waals surface area contributed by atoms with E-state index in [4.69, 9.17) is 9.47 Å². The summed E-state index contributed by atoms with van der Waals surface area (Å²) in [6.07, 6.45) is 8.05. The second-order valence-corrected chi connectivity index (χ2v) is 11.4. The summed E-state index contributed by atoms with van der Waals surface area (Å²) in [4.78, 5) is 39.6. The van der Waals surface area contributed by atoms with Crippen LogP contribution in [0, 0.1) is 35.0 Å². The molecule has 36 heavy (non-hydrogen) atoms. The number of rotatable bonds is 3. The van der Waals surface area contributed by atoms with Crippen LogP contribution < -0.4 is 5.32 Å². The third-order valence-corrected chi connectivity index (χ3v) is 9.31. The van der Waals surface area contributed by atoms with E-state index in [-0.39, 0.29) is 59.0 Å². The van der Waals surface area contributed by atoms with Crippen LogP contribution >= 0.6 is 0 Å². The highest BCUT2D eigenvalue weighted by Crippen LogP contribution is 2.67. The topological polar surface area (TPSA) is 85.0 Å². The lowest BCUT2D eigenvalue weighted by Crippen LogP contribution is -2.60. The van der Waals surface area contributed by atoms with E-state index in [2.05, 4.69) is 37.4 Å². The highest BCUT2D eigenvalue weighted by atomic mass is 16.6. The summed E-state index contributed by atoms with van der Waals surface area (Å²) in [6, 6.07) is 10.0. The van der Waals surface area contributed by atoms with Gasteiger partial charge in [0.05, 0.1) is 11.7 Å². The molecule has 2 heterocycles. The lowest BCUT2D eigenvalue weighted by molar-refractivity contribution is -0.162. The maximum Gasteiger partial charge on any atom is 0.303 e. The van der Waals surface area contributed by atoms with Crippen LogP contribution in [0.1, 0.15) is 46.6 Å². The molecule has 1 saturated carbocycles. The Labute approximate surface area is 213 Å². The first-order valence-corrected chi connectivity index (χ1v) is 13.2. The van der Waals surface area contributed by atoms with Crippen LogP contribution in [0.2, 0.25) is 0 Å². The van der Waals surface area contributed by atoms with E-state index in [1.165, 1.54) is 6.92 Å². The molecular weight excluding hydrogens is 454 g/mol. The zero-order chi connectivity index (χ0) is 25.8. The Bertz CT molecular complexity index is 1110. The normalized spacial score (nSPS) is 43.5. The lowest BCUT2D eigenvalue weighted by Gasteiger charge is -2.49. The fraction of sp³-hybridized carbons (Fsp3) is 0.567. The zero-order valence-electron chi connectivity index (χ0n) is 21.8. The van der Waals surface area contributed by atoms with Crippen LogP contribution in [0.4, 0.5) is 0 Å². The smallest absolute Gasteiger partial charge is 0.303 e. The number of benzene rings is 1.